The van der Waals surface area contributed by atoms with E-state index >= 15 is 0 Å². The number of nitrogen functional groups attached to an aromatic ring is 1. The van der Waals surface area contributed by atoms with Crippen LogP contribution in [0.5, 0.6) is 11.5 Å². The summed E-state index contributed by atoms with van der Waals surface area (Å²) in [7, 11) is 3.08. The molecule has 0 fully saturated rings. The average Bonchev–Trinajstić information content (AvgIpc) is 2.83. The van der Waals surface area contributed by atoms with Crippen LogP contribution in [0.2, 0.25) is 0 Å². The van der Waals surface area contributed by atoms with Gasteiger partial charge in [0.1, 0.15) is 17.9 Å². The molecule has 2 unspecified atom stereocenters. The maximum absolute atomic E-state index is 12.9. The molecule has 0 aromatic heterocycles. The second-order valence-corrected chi connectivity index (χ2v) is 8.01. The van der Waals surface area contributed by atoms with Gasteiger partial charge < -0.3 is 36.3 Å². The normalized spacial score (nSPS) is 12.1. The highest BCUT2D eigenvalue weighted by Gasteiger charge is 2.27. The summed E-state index contributed by atoms with van der Waals surface area (Å²) in [5, 5.41) is 25.8. The summed E-state index contributed by atoms with van der Waals surface area (Å²) >= 11 is 0. The number of halogens is 1. The minimum atomic E-state index is -0.998. The van der Waals surface area contributed by atoms with Crippen LogP contribution in [0.1, 0.15) is 25.0 Å². The van der Waals surface area contributed by atoms with E-state index in [1.54, 1.807) is 43.5 Å². The SMILES string of the molecule is COc1ccc(CNC(=O)C(NC(=O)C(CO)Nc2cccc(C(=N)N)c2)C(C)C)cc1OC.Cl. The number of rotatable bonds is 12. The largest absolute Gasteiger partial charge is 0.493 e. The number of nitrogens with one attached hydrogen (secondary N) is 4. The Morgan fingerprint density at radius 3 is 2.31 bits per heavy atom. The van der Waals surface area contributed by atoms with Crippen molar-refractivity contribution in [3.8, 4) is 11.5 Å². The lowest BCUT2D eigenvalue weighted by Gasteiger charge is -2.25. The lowest BCUT2D eigenvalue weighted by molar-refractivity contribution is -0.130. The van der Waals surface area contributed by atoms with Crippen LogP contribution < -0.4 is 31.2 Å². The number of amides is 2. The van der Waals surface area contributed by atoms with Gasteiger partial charge in [-0.15, -0.1) is 12.4 Å². The highest BCUT2D eigenvalue weighted by atomic mass is 35.5. The lowest BCUT2D eigenvalue weighted by Crippen LogP contribution is -2.54. The molecule has 0 saturated heterocycles. The fourth-order valence-electron chi connectivity index (χ4n) is 3.25. The van der Waals surface area contributed by atoms with Gasteiger partial charge in [0, 0.05) is 17.8 Å². The Balaban J connectivity index is 0.00000612. The summed E-state index contributed by atoms with van der Waals surface area (Å²) < 4.78 is 10.5. The van der Waals surface area contributed by atoms with Crippen LogP contribution in [0, 0.1) is 11.3 Å². The van der Waals surface area contributed by atoms with E-state index < -0.39 is 24.6 Å². The zero-order chi connectivity index (χ0) is 25.3. The van der Waals surface area contributed by atoms with E-state index in [9.17, 15) is 14.7 Å². The molecule has 2 amide bonds. The maximum atomic E-state index is 12.9. The Labute approximate surface area is 211 Å². The first kappa shape index (κ1) is 29.5. The Morgan fingerprint density at radius 1 is 1.06 bits per heavy atom. The molecule has 35 heavy (non-hydrogen) atoms. The first-order valence-corrected chi connectivity index (χ1v) is 10.8. The van der Waals surface area contributed by atoms with Gasteiger partial charge in [-0.3, -0.25) is 15.0 Å². The number of anilines is 1. The monoisotopic (exact) mass is 507 g/mol. The summed E-state index contributed by atoms with van der Waals surface area (Å²) in [6.07, 6.45) is 0. The molecular formula is C24H34ClN5O5. The molecule has 11 heteroatoms. The highest BCUT2D eigenvalue weighted by molar-refractivity contribution is 5.96. The number of hydrogen-bond acceptors (Lipinski definition) is 7. The molecule has 0 aliphatic rings. The lowest BCUT2D eigenvalue weighted by atomic mass is 10.0. The number of aliphatic hydroxyl groups is 1. The van der Waals surface area contributed by atoms with Gasteiger partial charge in [-0.2, -0.15) is 0 Å². The summed E-state index contributed by atoms with van der Waals surface area (Å²) in [5.74, 6) is -0.0616. The van der Waals surface area contributed by atoms with Crippen LogP contribution in [0.25, 0.3) is 0 Å². The Bertz CT molecular complexity index is 1020. The summed E-state index contributed by atoms with van der Waals surface area (Å²) in [6.45, 7) is 3.38. The topological polar surface area (TPSA) is 159 Å². The molecule has 7 N–H and O–H groups in total. The standard InChI is InChI=1S/C24H33N5O5.ClH/c1-14(2)21(24(32)27-12-15-8-9-19(33-3)20(10-15)34-4)29-23(31)18(13-30)28-17-7-5-6-16(11-17)22(25)26;/h5-11,14,18,21,28,30H,12-13H2,1-4H3,(H3,25,26)(H,27,32)(H,29,31);1H. The zero-order valence-corrected chi connectivity index (χ0v) is 21.1. The van der Waals surface area contributed by atoms with Crippen molar-refractivity contribution in [2.24, 2.45) is 11.7 Å². The minimum Gasteiger partial charge on any atom is -0.493 e. The van der Waals surface area contributed by atoms with Crippen LogP contribution >= 0.6 is 12.4 Å². The third kappa shape index (κ3) is 8.34. The molecule has 0 spiro atoms. The number of aliphatic hydroxyl groups excluding tert-OH is 1. The average molecular weight is 508 g/mol. The molecule has 0 heterocycles. The number of methoxy groups -OCH3 is 2. The van der Waals surface area contributed by atoms with Gasteiger partial charge in [-0.25, -0.2) is 0 Å². The van der Waals surface area contributed by atoms with Crippen LogP contribution in [0.15, 0.2) is 42.5 Å². The summed E-state index contributed by atoms with van der Waals surface area (Å²) in [5.41, 5.74) is 7.31. The van der Waals surface area contributed by atoms with Crippen molar-refractivity contribution in [1.29, 1.82) is 5.41 Å². The first-order valence-electron chi connectivity index (χ1n) is 10.8. The second-order valence-electron chi connectivity index (χ2n) is 8.01. The predicted octanol–water partition coefficient (Wildman–Crippen LogP) is 1.64. The van der Waals surface area contributed by atoms with Crippen molar-refractivity contribution >= 4 is 35.7 Å². The number of ether oxygens (including phenoxy) is 2. The molecule has 192 valence electrons. The first-order chi connectivity index (χ1) is 16.2. The fraction of sp³-hybridized carbons (Fsp3) is 0.375. The van der Waals surface area contributed by atoms with E-state index in [-0.39, 0.29) is 36.6 Å². The van der Waals surface area contributed by atoms with Gasteiger partial charge in [0.2, 0.25) is 11.8 Å². The van der Waals surface area contributed by atoms with Crippen molar-refractivity contribution in [1.82, 2.24) is 10.6 Å². The van der Waals surface area contributed by atoms with Crippen LogP contribution in [-0.2, 0) is 16.1 Å². The highest BCUT2D eigenvalue weighted by Crippen LogP contribution is 2.27. The fourth-order valence-corrected chi connectivity index (χ4v) is 3.25. The molecule has 2 aromatic rings. The molecule has 2 atom stereocenters. The molecule has 0 saturated carbocycles. The van der Waals surface area contributed by atoms with E-state index in [0.29, 0.717) is 22.7 Å². The summed E-state index contributed by atoms with van der Waals surface area (Å²) in [4.78, 5) is 25.7. The van der Waals surface area contributed by atoms with Crippen molar-refractivity contribution in [3.63, 3.8) is 0 Å². The third-order valence-electron chi connectivity index (χ3n) is 5.18. The maximum Gasteiger partial charge on any atom is 0.245 e. The van der Waals surface area contributed by atoms with Gasteiger partial charge in [0.05, 0.1) is 20.8 Å². The molecule has 2 rings (SSSR count). The number of carbonyl (C=O) groups is 2. The third-order valence-corrected chi connectivity index (χ3v) is 5.18. The second kappa shape index (κ2) is 14.0. The molecule has 0 aliphatic heterocycles. The molecule has 10 nitrogen and oxygen atoms in total. The molecular weight excluding hydrogens is 474 g/mol. The predicted molar refractivity (Wildman–Crippen MR) is 137 cm³/mol. The van der Waals surface area contributed by atoms with Gasteiger partial charge in [-0.1, -0.05) is 32.0 Å². The van der Waals surface area contributed by atoms with Crippen molar-refractivity contribution in [3.05, 3.63) is 53.6 Å². The molecule has 0 aliphatic carbocycles. The number of amidine groups is 1. The van der Waals surface area contributed by atoms with Crippen molar-refractivity contribution < 1.29 is 24.2 Å². The summed E-state index contributed by atoms with van der Waals surface area (Å²) in [6, 6.07) is 10.2. The van der Waals surface area contributed by atoms with Crippen molar-refractivity contribution in [2.75, 3.05) is 26.1 Å². The van der Waals surface area contributed by atoms with Gasteiger partial charge in [-0.05, 0) is 35.7 Å². The number of hydrogen-bond donors (Lipinski definition) is 6. The van der Waals surface area contributed by atoms with Gasteiger partial charge in [0.15, 0.2) is 11.5 Å². The van der Waals surface area contributed by atoms with E-state index in [2.05, 4.69) is 16.0 Å². The van der Waals surface area contributed by atoms with Crippen molar-refractivity contribution in [2.45, 2.75) is 32.5 Å². The Kier molecular flexibility index (Phi) is 11.8. The molecule has 2 aromatic carbocycles. The van der Waals surface area contributed by atoms with E-state index in [1.165, 1.54) is 7.11 Å². The van der Waals surface area contributed by atoms with E-state index in [0.717, 1.165) is 5.56 Å². The van der Waals surface area contributed by atoms with E-state index in [4.69, 9.17) is 20.6 Å². The van der Waals surface area contributed by atoms with Gasteiger partial charge in [0.25, 0.3) is 0 Å². The van der Waals surface area contributed by atoms with Crippen LogP contribution in [0.3, 0.4) is 0 Å². The minimum absolute atomic E-state index is 0. The number of carbonyl (C=O) groups excluding carboxylic acids is 2. The quantitative estimate of drug-likeness (QED) is 0.188. The van der Waals surface area contributed by atoms with E-state index in [1.807, 2.05) is 19.9 Å². The molecule has 0 radical (unpaired) electrons. The Morgan fingerprint density at radius 2 is 1.74 bits per heavy atom. The Hall–Kier alpha value is -3.50. The van der Waals surface area contributed by atoms with Gasteiger partial charge >= 0.3 is 0 Å². The smallest absolute Gasteiger partial charge is 0.245 e. The molecule has 0 bridgehead atoms. The van der Waals surface area contributed by atoms with Crippen LogP contribution in [-0.4, -0.2) is 55.7 Å². The number of nitrogens with two attached hydrogens (primary N) is 1. The zero-order valence-electron chi connectivity index (χ0n) is 20.3. The number of benzene rings is 2. The van der Waals surface area contributed by atoms with Crippen LogP contribution in [0.4, 0.5) is 5.69 Å².